The molecule has 0 bridgehead atoms. The molecule has 7 nitrogen and oxygen atoms in total. The minimum absolute atomic E-state index is 0.0119. The normalized spacial score (nSPS) is 10.6. The first-order valence-electron chi connectivity index (χ1n) is 6.55. The van der Waals surface area contributed by atoms with E-state index in [1.165, 1.54) is 10.7 Å². The van der Waals surface area contributed by atoms with Crippen LogP contribution < -0.4 is 10.5 Å². The molecule has 0 aliphatic carbocycles. The molecule has 0 fully saturated rings. The second kappa shape index (κ2) is 6.49. The number of carboxylic acids is 1. The molecule has 21 heavy (non-hydrogen) atoms. The summed E-state index contributed by atoms with van der Waals surface area (Å²) in [7, 11) is 0. The van der Waals surface area contributed by atoms with Gasteiger partial charge in [-0.05, 0) is 13.8 Å². The van der Waals surface area contributed by atoms with E-state index in [2.05, 4.69) is 10.1 Å². The van der Waals surface area contributed by atoms with Crippen LogP contribution in [0.4, 0.5) is 5.69 Å². The molecule has 2 rings (SSSR count). The SMILES string of the molecule is CCN(CC)c1cnn(Cc2csc(C(=O)O)n2)c(=O)c1. The second-order valence-corrected chi connectivity index (χ2v) is 5.19. The van der Waals surface area contributed by atoms with E-state index in [0.29, 0.717) is 5.69 Å². The first kappa shape index (κ1) is 15.2. The first-order chi connectivity index (χ1) is 10.0. The summed E-state index contributed by atoms with van der Waals surface area (Å²) in [5, 5.41) is 14.6. The third-order valence-electron chi connectivity index (χ3n) is 3.03. The Hall–Kier alpha value is -2.22. The van der Waals surface area contributed by atoms with Crippen molar-refractivity contribution in [2.24, 2.45) is 0 Å². The van der Waals surface area contributed by atoms with Gasteiger partial charge in [0.05, 0.1) is 24.1 Å². The fourth-order valence-electron chi connectivity index (χ4n) is 1.94. The number of hydrogen-bond donors (Lipinski definition) is 1. The second-order valence-electron chi connectivity index (χ2n) is 4.33. The van der Waals surface area contributed by atoms with Crippen LogP contribution in [0.3, 0.4) is 0 Å². The molecule has 0 aromatic carbocycles. The summed E-state index contributed by atoms with van der Waals surface area (Å²) >= 11 is 1.04. The first-order valence-corrected chi connectivity index (χ1v) is 7.43. The van der Waals surface area contributed by atoms with Gasteiger partial charge in [0.1, 0.15) is 0 Å². The number of thiazole rings is 1. The molecule has 0 radical (unpaired) electrons. The van der Waals surface area contributed by atoms with Crippen LogP contribution in [0.25, 0.3) is 0 Å². The van der Waals surface area contributed by atoms with Gasteiger partial charge in [0, 0.05) is 24.5 Å². The van der Waals surface area contributed by atoms with Crippen LogP contribution in [0.2, 0.25) is 0 Å². The summed E-state index contributed by atoms with van der Waals surface area (Å²) in [6.45, 7) is 5.79. The molecule has 2 heterocycles. The van der Waals surface area contributed by atoms with Gasteiger partial charge < -0.3 is 10.0 Å². The van der Waals surface area contributed by atoms with Crippen LogP contribution in [0.15, 0.2) is 22.4 Å². The van der Waals surface area contributed by atoms with Crippen molar-refractivity contribution in [1.29, 1.82) is 0 Å². The van der Waals surface area contributed by atoms with Gasteiger partial charge in [0.25, 0.3) is 5.56 Å². The summed E-state index contributed by atoms with van der Waals surface area (Å²) in [6, 6.07) is 1.53. The lowest BCUT2D eigenvalue weighted by atomic mass is 10.4. The smallest absolute Gasteiger partial charge is 0.365 e. The van der Waals surface area contributed by atoms with E-state index in [4.69, 9.17) is 5.11 Å². The van der Waals surface area contributed by atoms with Crippen molar-refractivity contribution in [1.82, 2.24) is 14.8 Å². The third kappa shape index (κ3) is 3.46. The summed E-state index contributed by atoms with van der Waals surface area (Å²) in [5.41, 5.74) is 1.07. The Morgan fingerprint density at radius 1 is 1.43 bits per heavy atom. The molecular formula is C13H16N4O3S. The molecule has 112 valence electrons. The van der Waals surface area contributed by atoms with E-state index in [1.807, 2.05) is 18.7 Å². The average molecular weight is 308 g/mol. The fraction of sp³-hybridized carbons (Fsp3) is 0.385. The standard InChI is InChI=1S/C13H16N4O3S/c1-3-16(4-2)10-5-11(18)17(14-6-10)7-9-8-21-12(15-9)13(19)20/h5-6,8H,3-4,7H2,1-2H3,(H,19,20). The van der Waals surface area contributed by atoms with Gasteiger partial charge in [-0.3, -0.25) is 4.79 Å². The highest BCUT2D eigenvalue weighted by atomic mass is 32.1. The molecule has 1 N–H and O–H groups in total. The van der Waals surface area contributed by atoms with Crippen LogP contribution >= 0.6 is 11.3 Å². The van der Waals surface area contributed by atoms with E-state index in [0.717, 1.165) is 30.1 Å². The van der Waals surface area contributed by atoms with Gasteiger partial charge >= 0.3 is 5.97 Å². The van der Waals surface area contributed by atoms with E-state index in [1.54, 1.807) is 11.6 Å². The van der Waals surface area contributed by atoms with E-state index >= 15 is 0 Å². The predicted octanol–water partition coefficient (Wildman–Crippen LogP) is 1.29. The molecule has 0 saturated heterocycles. The lowest BCUT2D eigenvalue weighted by Gasteiger charge is -2.20. The minimum Gasteiger partial charge on any atom is -0.476 e. The number of nitrogens with zero attached hydrogens (tertiary/aromatic N) is 4. The zero-order chi connectivity index (χ0) is 15.4. The molecule has 0 amide bonds. The lowest BCUT2D eigenvalue weighted by molar-refractivity contribution is 0.0696. The minimum atomic E-state index is -1.07. The van der Waals surface area contributed by atoms with Gasteiger partial charge in [-0.15, -0.1) is 11.3 Å². The number of rotatable bonds is 6. The molecule has 0 aliphatic rings. The third-order valence-corrected chi connectivity index (χ3v) is 3.91. The number of carbonyl (C=O) groups is 1. The van der Waals surface area contributed by atoms with Crippen molar-refractivity contribution in [2.75, 3.05) is 18.0 Å². The van der Waals surface area contributed by atoms with Crippen molar-refractivity contribution in [3.63, 3.8) is 0 Å². The molecule has 0 atom stereocenters. The molecule has 0 unspecified atom stereocenters. The van der Waals surface area contributed by atoms with Crippen molar-refractivity contribution in [3.05, 3.63) is 38.7 Å². The number of aromatic nitrogens is 3. The molecule has 8 heteroatoms. The van der Waals surface area contributed by atoms with E-state index in [9.17, 15) is 9.59 Å². The number of hydrogen-bond acceptors (Lipinski definition) is 6. The van der Waals surface area contributed by atoms with Crippen LogP contribution in [0.1, 0.15) is 29.3 Å². The largest absolute Gasteiger partial charge is 0.476 e. The lowest BCUT2D eigenvalue weighted by Crippen LogP contribution is -2.28. The molecule has 0 spiro atoms. The predicted molar refractivity (Wildman–Crippen MR) is 80.2 cm³/mol. The zero-order valence-corrected chi connectivity index (χ0v) is 12.6. The molecule has 2 aromatic rings. The van der Waals surface area contributed by atoms with Crippen molar-refractivity contribution in [2.45, 2.75) is 20.4 Å². The van der Waals surface area contributed by atoms with Crippen LogP contribution in [0.5, 0.6) is 0 Å². The van der Waals surface area contributed by atoms with Crippen LogP contribution in [-0.2, 0) is 6.54 Å². The average Bonchev–Trinajstić information content (AvgIpc) is 2.92. The van der Waals surface area contributed by atoms with Gasteiger partial charge in [0.15, 0.2) is 0 Å². The Morgan fingerprint density at radius 2 is 2.14 bits per heavy atom. The quantitative estimate of drug-likeness (QED) is 0.865. The number of anilines is 1. The summed E-state index contributed by atoms with van der Waals surface area (Å²) in [4.78, 5) is 28.8. The Bertz CT molecular complexity index is 691. The molecular weight excluding hydrogens is 292 g/mol. The fourth-order valence-corrected chi connectivity index (χ4v) is 2.58. The van der Waals surface area contributed by atoms with Gasteiger partial charge in [0.2, 0.25) is 5.01 Å². The molecule has 0 saturated carbocycles. The van der Waals surface area contributed by atoms with Crippen LogP contribution in [-0.4, -0.2) is 38.9 Å². The topological polar surface area (TPSA) is 88.3 Å². The van der Waals surface area contributed by atoms with Gasteiger partial charge in [-0.25, -0.2) is 14.5 Å². The zero-order valence-electron chi connectivity index (χ0n) is 11.8. The van der Waals surface area contributed by atoms with Gasteiger partial charge in [-0.1, -0.05) is 0 Å². The highest BCUT2D eigenvalue weighted by Crippen LogP contribution is 2.11. The maximum atomic E-state index is 12.1. The highest BCUT2D eigenvalue weighted by molar-refractivity contribution is 7.11. The molecule has 0 aliphatic heterocycles. The van der Waals surface area contributed by atoms with E-state index in [-0.39, 0.29) is 17.1 Å². The van der Waals surface area contributed by atoms with Crippen molar-refractivity contribution < 1.29 is 9.90 Å². The monoisotopic (exact) mass is 308 g/mol. The number of aromatic carboxylic acids is 1. The maximum absolute atomic E-state index is 12.1. The van der Waals surface area contributed by atoms with Crippen LogP contribution in [0, 0.1) is 0 Å². The van der Waals surface area contributed by atoms with Crippen molar-refractivity contribution >= 4 is 23.0 Å². The maximum Gasteiger partial charge on any atom is 0.365 e. The number of carboxylic acid groups (broad SMARTS) is 1. The molecule has 2 aromatic heterocycles. The van der Waals surface area contributed by atoms with Gasteiger partial charge in [-0.2, -0.15) is 5.10 Å². The Morgan fingerprint density at radius 3 is 2.67 bits per heavy atom. The Balaban J connectivity index is 2.21. The van der Waals surface area contributed by atoms with Crippen molar-refractivity contribution in [3.8, 4) is 0 Å². The van der Waals surface area contributed by atoms with E-state index < -0.39 is 5.97 Å². The Labute approximate surface area is 125 Å². The summed E-state index contributed by atoms with van der Waals surface area (Å²) in [6.07, 6.45) is 1.64. The summed E-state index contributed by atoms with van der Waals surface area (Å²) in [5.74, 6) is -1.07. The summed E-state index contributed by atoms with van der Waals surface area (Å²) < 4.78 is 1.27. The Kier molecular flexibility index (Phi) is 4.69. The highest BCUT2D eigenvalue weighted by Gasteiger charge is 2.11.